The summed E-state index contributed by atoms with van der Waals surface area (Å²) in [5.41, 5.74) is 2.70. The third-order valence-electron chi connectivity index (χ3n) is 4.60. The predicted octanol–water partition coefficient (Wildman–Crippen LogP) is 1.41. The zero-order valence-corrected chi connectivity index (χ0v) is 13.3. The van der Waals surface area contributed by atoms with Gasteiger partial charge >= 0.3 is 0 Å². The van der Waals surface area contributed by atoms with Crippen LogP contribution >= 0.6 is 0 Å². The van der Waals surface area contributed by atoms with Crippen molar-refractivity contribution in [2.24, 2.45) is 0 Å². The predicted molar refractivity (Wildman–Crippen MR) is 88.8 cm³/mol. The van der Waals surface area contributed by atoms with Crippen LogP contribution in [0.2, 0.25) is 0 Å². The summed E-state index contributed by atoms with van der Waals surface area (Å²) in [6.07, 6.45) is 1.94. The van der Waals surface area contributed by atoms with Gasteiger partial charge in [0.15, 0.2) is 5.76 Å². The summed E-state index contributed by atoms with van der Waals surface area (Å²) >= 11 is 0. The topological polar surface area (TPSA) is 65.8 Å². The van der Waals surface area contributed by atoms with Gasteiger partial charge in [0.05, 0.1) is 19.2 Å². The summed E-state index contributed by atoms with van der Waals surface area (Å²) in [5.74, 6) is 0.295. The van der Waals surface area contributed by atoms with Crippen LogP contribution in [0.15, 0.2) is 41.0 Å². The maximum atomic E-state index is 12.7. The molecule has 124 valence electrons. The molecule has 2 aliphatic rings. The fourth-order valence-corrected chi connectivity index (χ4v) is 3.32. The van der Waals surface area contributed by atoms with Crippen molar-refractivity contribution in [3.63, 3.8) is 0 Å². The molecule has 1 aromatic heterocycles. The molecule has 2 amide bonds. The summed E-state index contributed by atoms with van der Waals surface area (Å²) < 4.78 is 5.46. The molecule has 2 aliphatic heterocycles. The second kappa shape index (κ2) is 6.13. The summed E-state index contributed by atoms with van der Waals surface area (Å²) in [4.78, 5) is 28.5. The van der Waals surface area contributed by atoms with Gasteiger partial charge < -0.3 is 19.5 Å². The molecule has 0 aliphatic carbocycles. The van der Waals surface area contributed by atoms with E-state index in [0.29, 0.717) is 31.8 Å². The van der Waals surface area contributed by atoms with E-state index in [1.165, 1.54) is 6.26 Å². The van der Waals surface area contributed by atoms with Crippen molar-refractivity contribution in [2.45, 2.75) is 13.0 Å². The maximum absolute atomic E-state index is 12.7. The number of piperazine rings is 1. The Kier molecular flexibility index (Phi) is 3.82. The molecule has 0 atom stereocenters. The van der Waals surface area contributed by atoms with Crippen LogP contribution in [-0.4, -0.2) is 42.9 Å². The fraction of sp³-hybridized carbons (Fsp3) is 0.333. The number of anilines is 1. The number of rotatable bonds is 3. The van der Waals surface area contributed by atoms with Gasteiger partial charge in [-0.25, -0.2) is 0 Å². The Hall–Kier alpha value is -2.60. The van der Waals surface area contributed by atoms with Gasteiger partial charge in [0.25, 0.3) is 5.91 Å². The Morgan fingerprint density at radius 1 is 1.17 bits per heavy atom. The molecule has 1 aromatic carbocycles. The number of para-hydroxylation sites is 1. The highest BCUT2D eigenvalue weighted by Gasteiger charge is 2.30. The molecule has 0 radical (unpaired) electrons. The Morgan fingerprint density at radius 2 is 1.96 bits per heavy atom. The Bertz CT molecular complexity index is 777. The molecule has 0 spiro atoms. The van der Waals surface area contributed by atoms with Gasteiger partial charge in [0, 0.05) is 37.4 Å². The summed E-state index contributed by atoms with van der Waals surface area (Å²) in [6, 6.07) is 9.55. The molecule has 1 N–H and O–H groups in total. The number of benzene rings is 1. The van der Waals surface area contributed by atoms with Crippen LogP contribution in [0.5, 0.6) is 0 Å². The Balaban J connectivity index is 1.57. The van der Waals surface area contributed by atoms with E-state index in [0.717, 1.165) is 29.9 Å². The van der Waals surface area contributed by atoms with Gasteiger partial charge in [-0.1, -0.05) is 18.2 Å². The number of carbonyl (C=O) groups excluding carboxylic acids is 2. The van der Waals surface area contributed by atoms with Crippen LogP contribution in [0, 0.1) is 0 Å². The molecule has 4 rings (SSSR count). The maximum Gasteiger partial charge on any atom is 0.289 e. The van der Waals surface area contributed by atoms with E-state index in [1.54, 1.807) is 15.9 Å². The molecule has 6 heteroatoms. The molecule has 3 heterocycles. The minimum Gasteiger partial charge on any atom is -0.459 e. The van der Waals surface area contributed by atoms with E-state index in [9.17, 15) is 9.59 Å². The molecule has 0 saturated carbocycles. The minimum atomic E-state index is -0.101. The van der Waals surface area contributed by atoms with Gasteiger partial charge in [0.2, 0.25) is 5.91 Å². The molecule has 24 heavy (non-hydrogen) atoms. The number of hydrogen-bond donors (Lipinski definition) is 1. The zero-order valence-electron chi connectivity index (χ0n) is 13.3. The SMILES string of the molecule is O=C(c1occc1CN1C(=O)Cc2ccccc21)N1CCNCC1. The van der Waals surface area contributed by atoms with Crippen molar-refractivity contribution in [3.8, 4) is 0 Å². The normalized spacial score (nSPS) is 17.2. The first kappa shape index (κ1) is 15.0. The van der Waals surface area contributed by atoms with Gasteiger partial charge in [-0.15, -0.1) is 0 Å². The standard InChI is InChI=1S/C18H19N3O3/c22-16-11-13-3-1-2-4-15(13)21(16)12-14-5-10-24-17(14)18(23)20-8-6-19-7-9-20/h1-5,10,19H,6-9,11-12H2. The highest BCUT2D eigenvalue weighted by atomic mass is 16.3. The van der Waals surface area contributed by atoms with Crippen LogP contribution in [-0.2, 0) is 17.8 Å². The van der Waals surface area contributed by atoms with E-state index >= 15 is 0 Å². The van der Waals surface area contributed by atoms with E-state index < -0.39 is 0 Å². The molecular formula is C18H19N3O3. The second-order valence-electron chi connectivity index (χ2n) is 6.10. The van der Waals surface area contributed by atoms with Crippen molar-refractivity contribution in [2.75, 3.05) is 31.1 Å². The molecule has 6 nitrogen and oxygen atoms in total. The van der Waals surface area contributed by atoms with E-state index in [2.05, 4.69) is 5.32 Å². The smallest absolute Gasteiger partial charge is 0.289 e. The molecule has 0 unspecified atom stereocenters. The van der Waals surface area contributed by atoms with Crippen molar-refractivity contribution < 1.29 is 14.0 Å². The third kappa shape index (κ3) is 2.59. The average Bonchev–Trinajstić information content (AvgIpc) is 3.20. The quantitative estimate of drug-likeness (QED) is 0.927. The van der Waals surface area contributed by atoms with E-state index in [1.807, 2.05) is 24.3 Å². The number of fused-ring (bicyclic) bond motifs is 1. The molecule has 0 bridgehead atoms. The lowest BCUT2D eigenvalue weighted by molar-refractivity contribution is -0.117. The van der Waals surface area contributed by atoms with Crippen LogP contribution in [0.4, 0.5) is 5.69 Å². The zero-order chi connectivity index (χ0) is 16.5. The van der Waals surface area contributed by atoms with Gasteiger partial charge in [-0.3, -0.25) is 9.59 Å². The lowest BCUT2D eigenvalue weighted by Crippen LogP contribution is -2.46. The van der Waals surface area contributed by atoms with Crippen LogP contribution in [0.1, 0.15) is 21.7 Å². The minimum absolute atomic E-state index is 0.0537. The first-order valence-corrected chi connectivity index (χ1v) is 8.18. The number of furan rings is 1. The van der Waals surface area contributed by atoms with Gasteiger partial charge in [-0.05, 0) is 17.7 Å². The molecule has 1 saturated heterocycles. The van der Waals surface area contributed by atoms with E-state index in [-0.39, 0.29) is 11.8 Å². The van der Waals surface area contributed by atoms with Crippen LogP contribution in [0.25, 0.3) is 0 Å². The largest absolute Gasteiger partial charge is 0.459 e. The van der Waals surface area contributed by atoms with Gasteiger partial charge in [-0.2, -0.15) is 0 Å². The van der Waals surface area contributed by atoms with Crippen LogP contribution < -0.4 is 10.2 Å². The highest BCUT2D eigenvalue weighted by Crippen LogP contribution is 2.30. The number of carbonyl (C=O) groups is 2. The summed E-state index contributed by atoms with van der Waals surface area (Å²) in [5, 5.41) is 3.23. The molecule has 2 aromatic rings. The van der Waals surface area contributed by atoms with Gasteiger partial charge in [0.1, 0.15) is 0 Å². The first-order valence-electron chi connectivity index (χ1n) is 8.18. The van der Waals surface area contributed by atoms with Crippen LogP contribution in [0.3, 0.4) is 0 Å². The number of nitrogens with one attached hydrogen (secondary N) is 1. The lowest BCUT2D eigenvalue weighted by atomic mass is 10.1. The fourth-order valence-electron chi connectivity index (χ4n) is 3.32. The van der Waals surface area contributed by atoms with Crippen molar-refractivity contribution >= 4 is 17.5 Å². The van der Waals surface area contributed by atoms with E-state index in [4.69, 9.17) is 4.42 Å². The highest BCUT2D eigenvalue weighted by molar-refractivity contribution is 6.01. The number of amides is 2. The third-order valence-corrected chi connectivity index (χ3v) is 4.60. The number of hydrogen-bond acceptors (Lipinski definition) is 4. The summed E-state index contributed by atoms with van der Waals surface area (Å²) in [7, 11) is 0. The average molecular weight is 325 g/mol. The first-order chi connectivity index (χ1) is 11.7. The van der Waals surface area contributed by atoms with Crippen molar-refractivity contribution in [1.29, 1.82) is 0 Å². The Labute approximate surface area is 140 Å². The monoisotopic (exact) mass is 325 g/mol. The lowest BCUT2D eigenvalue weighted by Gasteiger charge is -2.27. The second-order valence-corrected chi connectivity index (χ2v) is 6.10. The van der Waals surface area contributed by atoms with Crippen molar-refractivity contribution in [1.82, 2.24) is 10.2 Å². The molecule has 1 fully saturated rings. The Morgan fingerprint density at radius 3 is 2.79 bits per heavy atom. The van der Waals surface area contributed by atoms with Crippen molar-refractivity contribution in [3.05, 3.63) is 53.5 Å². The molecular weight excluding hydrogens is 306 g/mol. The summed E-state index contributed by atoms with van der Waals surface area (Å²) in [6.45, 7) is 3.29. The number of nitrogens with zero attached hydrogens (tertiary/aromatic N) is 2.